The highest BCUT2D eigenvalue weighted by Gasteiger charge is 2.46. The predicted octanol–water partition coefficient (Wildman–Crippen LogP) is 6.02. The molecule has 6 rings (SSSR count). The molecule has 0 N–H and O–H groups in total. The second-order valence-corrected chi connectivity index (χ2v) is 10.8. The molecule has 0 spiro atoms. The van der Waals surface area contributed by atoms with Gasteiger partial charge in [0.15, 0.2) is 12.4 Å². The Labute approximate surface area is 267 Å². The van der Waals surface area contributed by atoms with Gasteiger partial charge >= 0.3 is 17.9 Å². The average Bonchev–Trinajstić information content (AvgIpc) is 3.48. The fraction of sp³-hybridized carbons (Fsp3) is 0.206. The lowest BCUT2D eigenvalue weighted by molar-refractivity contribution is -0.135. The minimum absolute atomic E-state index is 0.142. The van der Waals surface area contributed by atoms with E-state index >= 15 is 4.39 Å². The zero-order chi connectivity index (χ0) is 32.0. The molecule has 0 amide bonds. The SMILES string of the molecule is O=C(OC[C@H]1O[C@@H](n2ccc3c(Cl)ncnc32)[C@@H](F)[C@H](OC(=O)c2ccccc2)C[C@@H]1OC(=O)c1ccccc1)c1ccccc1. The number of esters is 3. The van der Waals surface area contributed by atoms with Crippen LogP contribution in [0.5, 0.6) is 0 Å². The molecule has 46 heavy (non-hydrogen) atoms. The summed E-state index contributed by atoms with van der Waals surface area (Å²) in [7, 11) is 0. The summed E-state index contributed by atoms with van der Waals surface area (Å²) in [6, 6.07) is 26.2. The van der Waals surface area contributed by atoms with Gasteiger partial charge in [-0.2, -0.15) is 0 Å². The van der Waals surface area contributed by atoms with E-state index in [1.54, 1.807) is 84.9 Å². The lowest BCUT2D eigenvalue weighted by Crippen LogP contribution is -2.39. The van der Waals surface area contributed by atoms with Crippen LogP contribution in [0.3, 0.4) is 0 Å². The van der Waals surface area contributed by atoms with Gasteiger partial charge in [0, 0.05) is 12.6 Å². The van der Waals surface area contributed by atoms with Crippen molar-refractivity contribution >= 4 is 40.5 Å². The van der Waals surface area contributed by atoms with Crippen LogP contribution in [-0.4, -0.2) is 63.5 Å². The van der Waals surface area contributed by atoms with Gasteiger partial charge in [0.2, 0.25) is 0 Å². The number of carbonyl (C=O) groups excluding carboxylic acids is 3. The first-order valence-electron chi connectivity index (χ1n) is 14.4. The maximum absolute atomic E-state index is 16.8. The summed E-state index contributed by atoms with van der Waals surface area (Å²) in [5, 5.41) is 0.573. The largest absolute Gasteiger partial charge is 0.459 e. The molecular formula is C34H27ClFN3O7. The Morgan fingerprint density at radius 1 is 0.783 bits per heavy atom. The van der Waals surface area contributed by atoms with Gasteiger partial charge < -0.3 is 23.5 Å². The third-order valence-corrected chi connectivity index (χ3v) is 7.78. The first-order valence-corrected chi connectivity index (χ1v) is 14.8. The number of benzene rings is 3. The Balaban J connectivity index is 1.37. The summed E-state index contributed by atoms with van der Waals surface area (Å²) < 4.78 is 41.7. The van der Waals surface area contributed by atoms with E-state index in [0.29, 0.717) is 5.39 Å². The van der Waals surface area contributed by atoms with E-state index in [1.165, 1.54) is 29.2 Å². The van der Waals surface area contributed by atoms with Gasteiger partial charge in [-0.3, -0.25) is 0 Å². The first-order chi connectivity index (χ1) is 22.4. The van der Waals surface area contributed by atoms with E-state index in [9.17, 15) is 14.4 Å². The molecular weight excluding hydrogens is 617 g/mol. The summed E-state index contributed by atoms with van der Waals surface area (Å²) in [4.78, 5) is 47.6. The number of aromatic nitrogens is 3. The molecule has 0 bridgehead atoms. The number of hydrogen-bond donors (Lipinski definition) is 0. The fourth-order valence-corrected chi connectivity index (χ4v) is 5.35. The van der Waals surface area contributed by atoms with Gasteiger partial charge in [-0.15, -0.1) is 0 Å². The molecule has 3 aromatic carbocycles. The number of carbonyl (C=O) groups is 3. The quantitative estimate of drug-likeness (QED) is 0.114. The van der Waals surface area contributed by atoms with Gasteiger partial charge in [0.05, 0.1) is 22.1 Å². The predicted molar refractivity (Wildman–Crippen MR) is 164 cm³/mol. The van der Waals surface area contributed by atoms with Crippen LogP contribution >= 0.6 is 11.6 Å². The lowest BCUT2D eigenvalue weighted by atomic mass is 10.0. The first kappa shape index (κ1) is 30.9. The van der Waals surface area contributed by atoms with E-state index < -0.39 is 55.2 Å². The van der Waals surface area contributed by atoms with Crippen molar-refractivity contribution in [2.24, 2.45) is 0 Å². The average molecular weight is 644 g/mol. The Bertz CT molecular complexity index is 1820. The highest BCUT2D eigenvalue weighted by Crippen LogP contribution is 2.36. The maximum Gasteiger partial charge on any atom is 0.338 e. The van der Waals surface area contributed by atoms with Crippen molar-refractivity contribution in [1.82, 2.24) is 14.5 Å². The summed E-state index contributed by atoms with van der Waals surface area (Å²) in [6.45, 7) is -0.419. The maximum atomic E-state index is 16.8. The summed E-state index contributed by atoms with van der Waals surface area (Å²) in [5.41, 5.74) is 0.973. The monoisotopic (exact) mass is 643 g/mol. The lowest BCUT2D eigenvalue weighted by Gasteiger charge is -2.28. The van der Waals surface area contributed by atoms with E-state index in [0.717, 1.165) is 0 Å². The van der Waals surface area contributed by atoms with Crippen LogP contribution in [0.4, 0.5) is 4.39 Å². The highest BCUT2D eigenvalue weighted by molar-refractivity contribution is 6.33. The number of rotatable bonds is 8. The topological polar surface area (TPSA) is 119 Å². The van der Waals surface area contributed by atoms with Crippen LogP contribution in [0.15, 0.2) is 110 Å². The standard InChI is InChI=1S/C34H27ClFN3O7/c35-29-24-16-17-39(30(24)38-20-37-29)31-28(36)26(46-34(42)23-14-8-3-9-15-23)18-25(45-33(41)22-12-6-2-7-13-22)27(44-31)19-43-32(40)21-10-4-1-5-11-21/h1-17,20,25-28,31H,18-19H2/t25-,26+,27+,28-,31+/m0/s1. The van der Waals surface area contributed by atoms with E-state index in [1.807, 2.05) is 0 Å². The Morgan fingerprint density at radius 3 is 1.91 bits per heavy atom. The molecule has 1 saturated heterocycles. The third kappa shape index (κ3) is 6.75. The van der Waals surface area contributed by atoms with E-state index in [-0.39, 0.29) is 33.9 Å². The van der Waals surface area contributed by atoms with Crippen LogP contribution in [0.25, 0.3) is 11.0 Å². The van der Waals surface area contributed by atoms with Crippen molar-refractivity contribution in [3.8, 4) is 0 Å². The molecule has 0 unspecified atom stereocenters. The zero-order valence-electron chi connectivity index (χ0n) is 24.1. The van der Waals surface area contributed by atoms with Crippen molar-refractivity contribution in [2.45, 2.75) is 37.1 Å². The Hall–Kier alpha value is -5.13. The minimum Gasteiger partial charge on any atom is -0.459 e. The van der Waals surface area contributed by atoms with Crippen molar-refractivity contribution in [1.29, 1.82) is 0 Å². The third-order valence-electron chi connectivity index (χ3n) is 7.48. The summed E-state index contributed by atoms with van der Waals surface area (Å²) >= 11 is 6.27. The van der Waals surface area contributed by atoms with Gasteiger partial charge in [-0.1, -0.05) is 66.2 Å². The van der Waals surface area contributed by atoms with Crippen molar-refractivity contribution in [3.63, 3.8) is 0 Å². The minimum atomic E-state index is -2.00. The molecule has 234 valence electrons. The molecule has 10 nitrogen and oxygen atoms in total. The fourth-order valence-electron chi connectivity index (χ4n) is 5.16. The molecule has 1 aliphatic rings. The molecule has 5 aromatic rings. The molecule has 0 radical (unpaired) electrons. The van der Waals surface area contributed by atoms with Crippen LogP contribution < -0.4 is 0 Å². The zero-order valence-corrected chi connectivity index (χ0v) is 24.9. The smallest absolute Gasteiger partial charge is 0.338 e. The molecule has 12 heteroatoms. The molecule has 3 heterocycles. The second kappa shape index (κ2) is 13.9. The number of ether oxygens (including phenoxy) is 4. The Kier molecular flexibility index (Phi) is 9.32. The highest BCUT2D eigenvalue weighted by atomic mass is 35.5. The summed E-state index contributed by atoms with van der Waals surface area (Å²) in [6.07, 6.45) is -4.91. The van der Waals surface area contributed by atoms with E-state index in [4.69, 9.17) is 30.5 Å². The van der Waals surface area contributed by atoms with Gasteiger partial charge in [-0.25, -0.2) is 28.7 Å². The number of fused-ring (bicyclic) bond motifs is 1. The Morgan fingerprint density at radius 2 is 1.33 bits per heavy atom. The molecule has 2 aromatic heterocycles. The van der Waals surface area contributed by atoms with Gasteiger partial charge in [0.25, 0.3) is 0 Å². The summed E-state index contributed by atoms with van der Waals surface area (Å²) in [5.74, 6) is -2.16. The normalized spacial score (nSPS) is 21.2. The van der Waals surface area contributed by atoms with Crippen LogP contribution in [0.2, 0.25) is 5.15 Å². The molecule has 0 saturated carbocycles. The molecule has 0 aliphatic carbocycles. The number of nitrogens with zero attached hydrogens (tertiary/aromatic N) is 3. The van der Waals surface area contributed by atoms with Crippen LogP contribution in [-0.2, 0) is 18.9 Å². The number of hydrogen-bond acceptors (Lipinski definition) is 9. The van der Waals surface area contributed by atoms with Crippen molar-refractivity contribution in [2.75, 3.05) is 6.61 Å². The van der Waals surface area contributed by atoms with Gasteiger partial charge in [0.1, 0.15) is 42.0 Å². The molecule has 1 fully saturated rings. The second-order valence-electron chi connectivity index (χ2n) is 10.5. The number of alkyl halides is 1. The van der Waals surface area contributed by atoms with Crippen molar-refractivity contribution in [3.05, 3.63) is 131 Å². The van der Waals surface area contributed by atoms with Crippen molar-refractivity contribution < 1.29 is 37.7 Å². The molecule has 5 atom stereocenters. The van der Waals surface area contributed by atoms with Crippen LogP contribution in [0, 0.1) is 0 Å². The van der Waals surface area contributed by atoms with Gasteiger partial charge in [-0.05, 0) is 42.5 Å². The molecule has 1 aliphatic heterocycles. The van der Waals surface area contributed by atoms with E-state index in [2.05, 4.69) is 9.97 Å². The van der Waals surface area contributed by atoms with Crippen LogP contribution in [0.1, 0.15) is 43.7 Å². The number of halogens is 2.